The van der Waals surface area contributed by atoms with Crippen LogP contribution in [0.4, 0.5) is 15.9 Å². The van der Waals surface area contributed by atoms with Gasteiger partial charge in [-0.3, -0.25) is 14.6 Å². The monoisotopic (exact) mass is 457 g/mol. The summed E-state index contributed by atoms with van der Waals surface area (Å²) >= 11 is 6.94. The summed E-state index contributed by atoms with van der Waals surface area (Å²) in [4.78, 5) is 35.8. The Kier molecular flexibility index (Phi) is 5.97. The number of aliphatic imine (C=N–C) groups is 1. The zero-order chi connectivity index (χ0) is 22.0. The van der Waals surface area contributed by atoms with Crippen LogP contribution < -0.4 is 10.6 Å². The molecule has 0 bridgehead atoms. The van der Waals surface area contributed by atoms with Gasteiger partial charge in [0, 0.05) is 25.4 Å². The van der Waals surface area contributed by atoms with E-state index in [0.717, 1.165) is 17.9 Å². The second-order valence-electron chi connectivity index (χ2n) is 6.75. The fourth-order valence-corrected chi connectivity index (χ4v) is 3.93. The molecule has 0 aliphatic carbocycles. The molecule has 0 radical (unpaired) electrons. The van der Waals surface area contributed by atoms with Gasteiger partial charge in [-0.2, -0.15) is 0 Å². The molecule has 7 nitrogen and oxygen atoms in total. The van der Waals surface area contributed by atoms with Gasteiger partial charge in [0.05, 0.1) is 22.8 Å². The minimum absolute atomic E-state index is 0.123. The number of rotatable bonds is 5. The van der Waals surface area contributed by atoms with E-state index in [-0.39, 0.29) is 16.1 Å². The molecule has 0 spiro atoms. The molecule has 4 rings (SSSR count). The first-order valence-electron chi connectivity index (χ1n) is 9.29. The topological polar surface area (TPSA) is 86.7 Å². The number of halogens is 2. The first-order valence-corrected chi connectivity index (χ1v) is 10.6. The molecule has 158 valence electrons. The van der Waals surface area contributed by atoms with Crippen molar-refractivity contribution in [3.63, 3.8) is 0 Å². The summed E-state index contributed by atoms with van der Waals surface area (Å²) in [5.41, 5.74) is 0.770. The van der Waals surface area contributed by atoms with E-state index in [1.807, 2.05) is 11.9 Å². The van der Waals surface area contributed by atoms with Gasteiger partial charge < -0.3 is 15.5 Å². The van der Waals surface area contributed by atoms with Crippen LogP contribution >= 0.6 is 22.9 Å². The number of aromatic nitrogens is 1. The van der Waals surface area contributed by atoms with Gasteiger partial charge in [0.25, 0.3) is 11.8 Å². The summed E-state index contributed by atoms with van der Waals surface area (Å²) in [6.45, 7) is 1.43. The van der Waals surface area contributed by atoms with E-state index in [2.05, 4.69) is 20.6 Å². The van der Waals surface area contributed by atoms with E-state index in [1.165, 1.54) is 18.3 Å². The molecule has 31 heavy (non-hydrogen) atoms. The van der Waals surface area contributed by atoms with Crippen LogP contribution in [0.25, 0.3) is 0 Å². The van der Waals surface area contributed by atoms with Crippen LogP contribution in [0.5, 0.6) is 0 Å². The molecule has 0 atom stereocenters. The number of pyridine rings is 1. The number of anilines is 2. The maximum atomic E-state index is 14.7. The summed E-state index contributed by atoms with van der Waals surface area (Å²) in [6.07, 6.45) is 1.41. The molecule has 3 aromatic rings. The second-order valence-corrected chi connectivity index (χ2v) is 8.11. The predicted molar refractivity (Wildman–Crippen MR) is 120 cm³/mol. The Morgan fingerprint density at radius 2 is 2.00 bits per heavy atom. The van der Waals surface area contributed by atoms with Crippen molar-refractivity contribution in [2.45, 2.75) is 0 Å². The van der Waals surface area contributed by atoms with Gasteiger partial charge in [-0.05, 0) is 35.7 Å². The number of benzene rings is 1. The smallest absolute Gasteiger partial charge is 0.269 e. The van der Waals surface area contributed by atoms with Crippen LogP contribution in [0.2, 0.25) is 5.02 Å². The third-order valence-electron chi connectivity index (χ3n) is 4.62. The normalized spacial score (nSPS) is 13.1. The van der Waals surface area contributed by atoms with E-state index >= 15 is 0 Å². The van der Waals surface area contributed by atoms with Crippen molar-refractivity contribution in [2.75, 3.05) is 30.8 Å². The molecule has 0 fully saturated rings. The Bertz CT molecular complexity index is 1180. The number of hydrogen-bond acceptors (Lipinski definition) is 6. The number of nitrogens with one attached hydrogen (secondary N) is 2. The molecule has 1 aliphatic rings. The van der Waals surface area contributed by atoms with Gasteiger partial charge in [-0.1, -0.05) is 17.7 Å². The maximum Gasteiger partial charge on any atom is 0.269 e. The molecule has 3 heterocycles. The third-order valence-corrected chi connectivity index (χ3v) is 5.76. The maximum absolute atomic E-state index is 14.7. The molecule has 2 aromatic heterocycles. The Labute approximate surface area is 186 Å². The van der Waals surface area contributed by atoms with Crippen molar-refractivity contribution in [1.82, 2.24) is 9.88 Å². The Balaban J connectivity index is 1.49. The van der Waals surface area contributed by atoms with Crippen LogP contribution in [-0.2, 0) is 0 Å². The van der Waals surface area contributed by atoms with Gasteiger partial charge in [-0.25, -0.2) is 9.37 Å². The van der Waals surface area contributed by atoms with Gasteiger partial charge >= 0.3 is 0 Å². The lowest BCUT2D eigenvalue weighted by atomic mass is 10.1. The number of amides is 2. The Morgan fingerprint density at radius 3 is 2.68 bits per heavy atom. The minimum Gasteiger partial charge on any atom is -0.358 e. The van der Waals surface area contributed by atoms with E-state index < -0.39 is 17.6 Å². The standard InChI is InChI=1S/C21H17ClFN5O2S/c1-28-8-7-24-19(28)12-2-4-14(15(23)10-12)20(29)26-16-6-9-31-18(16)21(30)27-17-5-3-13(22)11-25-17/h2-6,9-11H,7-8H2,1H3,(H,26,29)(H,25,27,30). The molecule has 1 aliphatic heterocycles. The van der Waals surface area contributed by atoms with Gasteiger partial charge in [-0.15, -0.1) is 11.3 Å². The summed E-state index contributed by atoms with van der Waals surface area (Å²) in [6, 6.07) is 9.12. The van der Waals surface area contributed by atoms with Crippen molar-refractivity contribution in [3.05, 3.63) is 74.8 Å². The molecule has 0 saturated carbocycles. The quantitative estimate of drug-likeness (QED) is 0.603. The van der Waals surface area contributed by atoms with Crippen LogP contribution in [0.1, 0.15) is 25.6 Å². The average molecular weight is 458 g/mol. The highest BCUT2D eigenvalue weighted by atomic mass is 35.5. The number of carbonyl (C=O) groups excluding carboxylic acids is 2. The summed E-state index contributed by atoms with van der Waals surface area (Å²) in [7, 11) is 1.88. The molecule has 0 saturated heterocycles. The minimum atomic E-state index is -0.662. The Hall–Kier alpha value is -3.30. The van der Waals surface area contributed by atoms with Gasteiger partial charge in [0.2, 0.25) is 0 Å². The van der Waals surface area contributed by atoms with Crippen LogP contribution in [0, 0.1) is 5.82 Å². The molecule has 10 heteroatoms. The highest BCUT2D eigenvalue weighted by Crippen LogP contribution is 2.25. The highest BCUT2D eigenvalue weighted by molar-refractivity contribution is 7.12. The molecular formula is C21H17ClFN5O2S. The molecule has 2 N–H and O–H groups in total. The van der Waals surface area contributed by atoms with Gasteiger partial charge in [0.1, 0.15) is 22.3 Å². The largest absolute Gasteiger partial charge is 0.358 e. The molecule has 1 aromatic carbocycles. The highest BCUT2D eigenvalue weighted by Gasteiger charge is 2.21. The summed E-state index contributed by atoms with van der Waals surface area (Å²) < 4.78 is 14.7. The molecule has 2 amide bonds. The second kappa shape index (κ2) is 8.83. The van der Waals surface area contributed by atoms with Crippen molar-refractivity contribution in [3.8, 4) is 0 Å². The van der Waals surface area contributed by atoms with E-state index in [9.17, 15) is 14.0 Å². The van der Waals surface area contributed by atoms with Crippen molar-refractivity contribution in [1.29, 1.82) is 0 Å². The van der Waals surface area contributed by atoms with Gasteiger partial charge in [0.15, 0.2) is 0 Å². The van der Waals surface area contributed by atoms with Crippen molar-refractivity contribution >= 4 is 52.1 Å². The van der Waals surface area contributed by atoms with Crippen molar-refractivity contribution in [2.24, 2.45) is 4.99 Å². The lowest BCUT2D eigenvalue weighted by molar-refractivity contribution is 0.102. The number of carbonyl (C=O) groups is 2. The third kappa shape index (κ3) is 4.57. The number of nitrogens with zero attached hydrogens (tertiary/aromatic N) is 3. The summed E-state index contributed by atoms with van der Waals surface area (Å²) in [5.74, 6) is -0.745. The van der Waals surface area contributed by atoms with Crippen LogP contribution in [0.3, 0.4) is 0 Å². The lowest BCUT2D eigenvalue weighted by Crippen LogP contribution is -2.24. The molecule has 0 unspecified atom stereocenters. The number of thiophene rings is 1. The number of amidine groups is 1. The predicted octanol–water partition coefficient (Wildman–Crippen LogP) is 4.13. The van der Waals surface area contributed by atoms with E-state index in [4.69, 9.17) is 11.6 Å². The number of hydrogen-bond donors (Lipinski definition) is 2. The lowest BCUT2D eigenvalue weighted by Gasteiger charge is -2.14. The van der Waals surface area contributed by atoms with E-state index in [0.29, 0.717) is 28.8 Å². The Morgan fingerprint density at radius 1 is 1.16 bits per heavy atom. The molecular weight excluding hydrogens is 441 g/mol. The van der Waals surface area contributed by atoms with Crippen LogP contribution in [-0.4, -0.2) is 47.7 Å². The SMILES string of the molecule is CN1CCN=C1c1ccc(C(=O)Nc2ccsc2C(=O)Nc2ccc(Cl)cn2)c(F)c1. The zero-order valence-electron chi connectivity index (χ0n) is 16.4. The zero-order valence-corrected chi connectivity index (χ0v) is 17.9. The fraction of sp³-hybridized carbons (Fsp3) is 0.143. The van der Waals surface area contributed by atoms with E-state index in [1.54, 1.807) is 29.6 Å². The summed E-state index contributed by atoms with van der Waals surface area (Å²) in [5, 5.41) is 7.35. The van der Waals surface area contributed by atoms with Crippen molar-refractivity contribution < 1.29 is 14.0 Å². The first kappa shape index (κ1) is 21.0. The fourth-order valence-electron chi connectivity index (χ4n) is 3.08. The average Bonchev–Trinajstić information content (AvgIpc) is 3.38. The first-order chi connectivity index (χ1) is 14.9. The van der Waals surface area contributed by atoms with Crippen LogP contribution in [0.15, 0.2) is 53.0 Å². The number of likely N-dealkylation sites (N-methyl/N-ethyl adjacent to an activating group) is 1.